The summed E-state index contributed by atoms with van der Waals surface area (Å²) in [4.78, 5) is 10.7. The summed E-state index contributed by atoms with van der Waals surface area (Å²) >= 11 is 0. The zero-order chi connectivity index (χ0) is 29.9. The van der Waals surface area contributed by atoms with E-state index < -0.39 is 0 Å². The fourth-order valence-electron chi connectivity index (χ4n) is 7.79. The molecule has 0 fully saturated rings. The Bertz CT molecular complexity index is 3020. The summed E-state index contributed by atoms with van der Waals surface area (Å²) in [6.45, 7) is 0. The number of rotatable bonds is 2. The van der Waals surface area contributed by atoms with Gasteiger partial charge in [0.1, 0.15) is 5.52 Å². The van der Waals surface area contributed by atoms with Crippen LogP contribution in [0, 0.1) is 0 Å². The lowest BCUT2D eigenvalue weighted by atomic mass is 9.98. The van der Waals surface area contributed by atoms with Crippen LogP contribution in [-0.2, 0) is 0 Å². The third-order valence-electron chi connectivity index (χ3n) is 9.80. The van der Waals surface area contributed by atoms with Crippen molar-refractivity contribution in [1.29, 1.82) is 0 Å². The Morgan fingerprint density at radius 3 is 1.96 bits per heavy atom. The molecule has 0 atom stereocenters. The van der Waals surface area contributed by atoms with Gasteiger partial charge in [-0.25, -0.2) is 9.97 Å². The van der Waals surface area contributed by atoms with Crippen molar-refractivity contribution in [3.63, 3.8) is 0 Å². The molecule has 4 heterocycles. The molecule has 4 heteroatoms. The lowest BCUT2D eigenvalue weighted by Gasteiger charge is -2.08. The molecular formula is C42H24N4. The number of hydrogen-bond acceptors (Lipinski definition) is 2. The number of nitrogens with zero attached hydrogens (tertiary/aromatic N) is 4. The summed E-state index contributed by atoms with van der Waals surface area (Å²) in [5, 5.41) is 8.39. The fourth-order valence-corrected chi connectivity index (χ4v) is 7.79. The Morgan fingerprint density at radius 2 is 1.09 bits per heavy atom. The second-order valence-electron chi connectivity index (χ2n) is 12.2. The number of fused-ring (bicyclic) bond motifs is 12. The second-order valence-corrected chi connectivity index (χ2v) is 12.2. The largest absolute Gasteiger partial charge is 0.309 e. The zero-order valence-electron chi connectivity index (χ0n) is 24.6. The molecule has 0 unspecified atom stereocenters. The predicted molar refractivity (Wildman–Crippen MR) is 191 cm³/mol. The van der Waals surface area contributed by atoms with Gasteiger partial charge in [-0.05, 0) is 71.1 Å². The van der Waals surface area contributed by atoms with Crippen LogP contribution in [0.2, 0.25) is 0 Å². The van der Waals surface area contributed by atoms with E-state index in [1.807, 2.05) is 0 Å². The Balaban J connectivity index is 1.25. The number of hydrogen-bond donors (Lipinski definition) is 0. The Morgan fingerprint density at radius 1 is 0.413 bits per heavy atom. The van der Waals surface area contributed by atoms with Gasteiger partial charge in [0.15, 0.2) is 5.65 Å². The smallest absolute Gasteiger partial charge is 0.165 e. The van der Waals surface area contributed by atoms with E-state index in [2.05, 4.69) is 155 Å². The first-order chi connectivity index (χ1) is 22.8. The van der Waals surface area contributed by atoms with Gasteiger partial charge < -0.3 is 4.57 Å². The average molecular weight is 585 g/mol. The third kappa shape index (κ3) is 3.07. The van der Waals surface area contributed by atoms with E-state index >= 15 is 0 Å². The van der Waals surface area contributed by atoms with E-state index in [0.717, 1.165) is 38.5 Å². The Kier molecular flexibility index (Phi) is 4.55. The molecule has 0 aliphatic carbocycles. The van der Waals surface area contributed by atoms with Gasteiger partial charge in [0.05, 0.1) is 33.1 Å². The molecule has 212 valence electrons. The highest BCUT2D eigenvalue weighted by molar-refractivity contribution is 6.24. The number of para-hydroxylation sites is 3. The van der Waals surface area contributed by atoms with E-state index in [-0.39, 0.29) is 0 Å². The molecule has 0 saturated heterocycles. The van der Waals surface area contributed by atoms with Crippen LogP contribution in [0.25, 0.3) is 98.8 Å². The maximum atomic E-state index is 5.38. The first-order valence-electron chi connectivity index (χ1n) is 15.7. The maximum absolute atomic E-state index is 5.38. The summed E-state index contributed by atoms with van der Waals surface area (Å²) in [7, 11) is 0. The molecule has 11 aromatic rings. The molecule has 7 aromatic carbocycles. The topological polar surface area (TPSA) is 35.1 Å². The Hall–Kier alpha value is -6.26. The van der Waals surface area contributed by atoms with Gasteiger partial charge in [-0.3, -0.25) is 4.40 Å². The molecule has 4 nitrogen and oxygen atoms in total. The molecule has 46 heavy (non-hydrogen) atoms. The minimum atomic E-state index is 0.905. The first kappa shape index (κ1) is 24.1. The minimum absolute atomic E-state index is 0.905. The quantitative estimate of drug-likeness (QED) is 0.190. The van der Waals surface area contributed by atoms with Crippen LogP contribution in [-0.4, -0.2) is 18.9 Å². The van der Waals surface area contributed by atoms with Crippen molar-refractivity contribution in [2.24, 2.45) is 0 Å². The zero-order valence-corrected chi connectivity index (χ0v) is 24.6. The summed E-state index contributed by atoms with van der Waals surface area (Å²) in [5.74, 6) is 0. The molecule has 0 amide bonds. The van der Waals surface area contributed by atoms with Crippen LogP contribution in [0.3, 0.4) is 0 Å². The predicted octanol–water partition coefficient (Wildman–Crippen LogP) is 10.7. The van der Waals surface area contributed by atoms with Gasteiger partial charge >= 0.3 is 0 Å². The monoisotopic (exact) mass is 584 g/mol. The van der Waals surface area contributed by atoms with Crippen LogP contribution in [0.15, 0.2) is 146 Å². The average Bonchev–Trinajstić information content (AvgIpc) is 3.75. The third-order valence-corrected chi connectivity index (χ3v) is 9.80. The van der Waals surface area contributed by atoms with Crippen LogP contribution < -0.4 is 0 Å². The van der Waals surface area contributed by atoms with Crippen molar-refractivity contribution in [2.75, 3.05) is 0 Å². The molecule has 0 aliphatic rings. The molecule has 11 rings (SSSR count). The second kappa shape index (κ2) is 8.68. The molecule has 0 spiro atoms. The van der Waals surface area contributed by atoms with E-state index in [9.17, 15) is 0 Å². The van der Waals surface area contributed by atoms with E-state index in [0.29, 0.717) is 0 Å². The van der Waals surface area contributed by atoms with Crippen molar-refractivity contribution >= 4 is 82.0 Å². The standard InChI is InChI=1S/C42H24N4/c1-2-11-28(12-3-1)45-36-16-8-6-14-30(36)32-22-26(19-21-38(32)45)27-23-33-31-15-7-9-17-37(31)46-41(33)34(24-27)40-42(46)43-35-20-18-25-10-4-5-13-29(25)39(35)44-40/h1-24H. The van der Waals surface area contributed by atoms with Crippen LogP contribution in [0.5, 0.6) is 0 Å². The van der Waals surface area contributed by atoms with Gasteiger partial charge in [-0.15, -0.1) is 0 Å². The van der Waals surface area contributed by atoms with Gasteiger partial charge in [0.25, 0.3) is 0 Å². The van der Waals surface area contributed by atoms with E-state index in [1.54, 1.807) is 0 Å². The maximum Gasteiger partial charge on any atom is 0.165 e. The van der Waals surface area contributed by atoms with Crippen LogP contribution in [0.1, 0.15) is 0 Å². The highest BCUT2D eigenvalue weighted by atomic mass is 15.0. The summed E-state index contributed by atoms with van der Waals surface area (Å²) in [6, 6.07) is 52.3. The van der Waals surface area contributed by atoms with Crippen LogP contribution in [0.4, 0.5) is 0 Å². The summed E-state index contributed by atoms with van der Waals surface area (Å²) < 4.78 is 4.68. The lowest BCUT2D eigenvalue weighted by Crippen LogP contribution is -1.92. The number of benzene rings is 7. The SMILES string of the molecule is c1ccc(-n2c3ccccc3c3cc(-c4cc5c6ccccc6n6c7nc8ccc9ccccc9c8nc7c(c4)c56)ccc32)cc1. The van der Waals surface area contributed by atoms with Crippen molar-refractivity contribution in [3.05, 3.63) is 146 Å². The molecular weight excluding hydrogens is 560 g/mol. The normalized spacial score (nSPS) is 12.3. The lowest BCUT2D eigenvalue weighted by molar-refractivity contribution is 1.18. The first-order valence-corrected chi connectivity index (χ1v) is 15.7. The molecule has 0 radical (unpaired) electrons. The highest BCUT2D eigenvalue weighted by Crippen LogP contribution is 2.42. The van der Waals surface area contributed by atoms with E-state index in [1.165, 1.54) is 60.3 Å². The van der Waals surface area contributed by atoms with E-state index in [4.69, 9.17) is 9.97 Å². The van der Waals surface area contributed by atoms with Crippen LogP contribution >= 0.6 is 0 Å². The van der Waals surface area contributed by atoms with Crippen molar-refractivity contribution in [1.82, 2.24) is 18.9 Å². The molecule has 0 saturated carbocycles. The molecule has 4 aromatic heterocycles. The summed E-state index contributed by atoms with van der Waals surface area (Å²) in [6.07, 6.45) is 0. The minimum Gasteiger partial charge on any atom is -0.309 e. The summed E-state index contributed by atoms with van der Waals surface area (Å²) in [5.41, 5.74) is 12.0. The Labute approximate surface area is 262 Å². The van der Waals surface area contributed by atoms with Crippen molar-refractivity contribution in [3.8, 4) is 16.8 Å². The fraction of sp³-hybridized carbons (Fsp3) is 0. The molecule has 0 aliphatic heterocycles. The van der Waals surface area contributed by atoms with Gasteiger partial charge in [-0.2, -0.15) is 0 Å². The van der Waals surface area contributed by atoms with Crippen molar-refractivity contribution < 1.29 is 0 Å². The van der Waals surface area contributed by atoms with Gasteiger partial charge in [-0.1, -0.05) is 91.0 Å². The van der Waals surface area contributed by atoms with Gasteiger partial charge in [0.2, 0.25) is 0 Å². The van der Waals surface area contributed by atoms with Gasteiger partial charge in [0, 0.05) is 38.0 Å². The molecule has 0 bridgehead atoms. The van der Waals surface area contributed by atoms with Crippen molar-refractivity contribution in [2.45, 2.75) is 0 Å². The highest BCUT2D eigenvalue weighted by Gasteiger charge is 2.22. The number of aromatic nitrogens is 4. The molecule has 0 N–H and O–H groups in total.